The first-order valence-corrected chi connectivity index (χ1v) is 42.2. The highest BCUT2D eigenvalue weighted by Gasteiger charge is 2.50. The number of rotatable bonds is 31. The van der Waals surface area contributed by atoms with E-state index < -0.39 is 94.2 Å². The average molecular weight is 1570 g/mol. The normalized spacial score (nSPS) is 18.9. The molecule has 0 spiro atoms. The number of sulfone groups is 1. The highest BCUT2D eigenvalue weighted by Crippen LogP contribution is 2.41. The van der Waals surface area contributed by atoms with Gasteiger partial charge in [-0.15, -0.1) is 23.1 Å². The summed E-state index contributed by atoms with van der Waals surface area (Å²) in [5.41, 5.74) is 2.41. The number of thioether (sulfide) groups is 1. The third-order valence-electron chi connectivity index (χ3n) is 20.9. The number of hydrogen-bond acceptors (Lipinski definition) is 18. The van der Waals surface area contributed by atoms with E-state index in [0.29, 0.717) is 88.8 Å². The SMILES string of the molecule is CC(=O)O[C@H]1CC(C(=O)[C@@H](NC(=O)CCCCCC(=O)C2CCN(CC[C@H](CSc3ccccc3)Nc3ccc(S(=O)(=O)NC(=O)c4ccc(N5CCN(CC6=C(c7ccc(Cl)cc7)CCCCC6)CC5)cc4)cc3S(=O)(=O)C(F)(F)F)CC2)C(C)(C)C)[C@H](C(=O)N[C@@H](C)c2ccc(-c3scnc3C)cc2)C1. The van der Waals surface area contributed by atoms with Crippen molar-refractivity contribution in [1.29, 1.82) is 0 Å². The van der Waals surface area contributed by atoms with Gasteiger partial charge in [-0.25, -0.2) is 26.5 Å². The number of nitrogens with one attached hydrogen (secondary N) is 4. The first-order valence-electron chi connectivity index (χ1n) is 37.0. The number of likely N-dealkylation sites (tertiary alicyclic amines) is 1. The summed E-state index contributed by atoms with van der Waals surface area (Å²) in [5, 5.41) is 9.79. The standard InChI is InChI=1S/C80H98ClF3N8O11S4/c1-52(55-22-24-58(25-23-55)75-53(2)85-51-105-75)86-78(98)69-47-64(103-54(3)93)46-68(69)74(96)76(79(4,5)6)88-73(95)21-15-9-14-20-71(94)57-36-39-90(40-37-57)41-38-62(50-104-65-17-11-8-12-18-65)87-70-35-34-66(48-72(70)106(99,100)80(82,83)84)107(101,102)89-77(97)59-28-32-63(33-29-59)92-44-42-91(43-45-92)49-60-16-10-7-13-19-67(60)56-26-30-61(81)31-27-56/h8,11-12,17-18,22-35,48,51-52,57,62,64,68-69,76,87H,7,9-10,13-16,19-21,36-47,49-50H2,1-6H3,(H,86,98)(H,88,95)(H,89,97)/t52-,62+,64-,68?,69+,76+/m0/s1. The number of piperidine rings is 1. The van der Waals surface area contributed by atoms with Crippen LogP contribution in [0.2, 0.25) is 5.02 Å². The summed E-state index contributed by atoms with van der Waals surface area (Å²) in [6.45, 7) is 16.1. The van der Waals surface area contributed by atoms with Gasteiger partial charge in [-0.2, -0.15) is 13.2 Å². The van der Waals surface area contributed by atoms with Crippen molar-refractivity contribution in [2.24, 2.45) is 23.2 Å². The number of amides is 3. The van der Waals surface area contributed by atoms with E-state index in [0.717, 1.165) is 89.7 Å². The maximum absolute atomic E-state index is 14.6. The maximum atomic E-state index is 14.6. The fourth-order valence-corrected chi connectivity index (χ4v) is 18.8. The summed E-state index contributed by atoms with van der Waals surface area (Å²) in [7, 11) is -11.1. The van der Waals surface area contributed by atoms with Crippen LogP contribution in [-0.2, 0) is 48.6 Å². The number of ketones is 2. The van der Waals surface area contributed by atoms with Gasteiger partial charge in [0.25, 0.3) is 25.8 Å². The second kappa shape index (κ2) is 36.8. The Kier molecular flexibility index (Phi) is 28.2. The van der Waals surface area contributed by atoms with Crippen LogP contribution in [0.1, 0.15) is 164 Å². The van der Waals surface area contributed by atoms with Crippen molar-refractivity contribution in [3.05, 3.63) is 160 Å². The van der Waals surface area contributed by atoms with Gasteiger partial charge in [-0.3, -0.25) is 33.7 Å². The quantitative estimate of drug-likeness (QED) is 0.0179. The number of allylic oxidation sites excluding steroid dienone is 1. The summed E-state index contributed by atoms with van der Waals surface area (Å²) < 4.78 is 106. The molecule has 3 amide bonds. The molecule has 2 aliphatic heterocycles. The lowest BCUT2D eigenvalue weighted by Gasteiger charge is -2.37. The number of halogens is 4. The molecular formula is C80H98ClF3N8O11S4. The molecule has 10 rings (SSSR count). The van der Waals surface area contributed by atoms with E-state index in [-0.39, 0.29) is 59.9 Å². The number of anilines is 2. The molecule has 19 nitrogen and oxygen atoms in total. The number of thiazole rings is 1. The molecule has 0 radical (unpaired) electrons. The number of nitrogens with zero attached hydrogens (tertiary/aromatic N) is 4. The molecule has 1 saturated carbocycles. The zero-order chi connectivity index (χ0) is 76.8. The fourth-order valence-electron chi connectivity index (χ4n) is 14.9. The summed E-state index contributed by atoms with van der Waals surface area (Å²) in [6.07, 6.45) is 8.59. The number of benzene rings is 5. The van der Waals surface area contributed by atoms with Crippen molar-refractivity contribution >= 4 is 107 Å². The molecule has 6 atom stereocenters. The van der Waals surface area contributed by atoms with Crippen LogP contribution in [0.4, 0.5) is 24.5 Å². The number of aromatic nitrogens is 1. The molecule has 576 valence electrons. The number of unbranched alkanes of at least 4 members (excludes halogenated alkanes) is 2. The third kappa shape index (κ3) is 22.2. The Hall–Kier alpha value is -7.46. The molecule has 5 aromatic carbocycles. The average Bonchev–Trinajstić information content (AvgIpc) is 1.30. The summed E-state index contributed by atoms with van der Waals surface area (Å²) in [6, 6.07) is 31.9. The molecule has 2 aliphatic carbocycles. The van der Waals surface area contributed by atoms with Gasteiger partial charge in [0.1, 0.15) is 16.8 Å². The van der Waals surface area contributed by atoms with Crippen molar-refractivity contribution in [2.75, 3.05) is 68.3 Å². The smallest absolute Gasteiger partial charge is 0.463 e. The van der Waals surface area contributed by atoms with Crippen LogP contribution in [0.5, 0.6) is 0 Å². The molecule has 27 heteroatoms. The Labute approximate surface area is 640 Å². The van der Waals surface area contributed by atoms with Crippen molar-refractivity contribution in [3.8, 4) is 10.4 Å². The molecule has 3 heterocycles. The van der Waals surface area contributed by atoms with E-state index in [2.05, 4.69) is 47.8 Å². The van der Waals surface area contributed by atoms with Gasteiger partial charge in [0, 0.05) is 104 Å². The van der Waals surface area contributed by atoms with Gasteiger partial charge in [0.05, 0.1) is 44.7 Å². The molecule has 1 unspecified atom stereocenters. The van der Waals surface area contributed by atoms with Crippen molar-refractivity contribution < 1.29 is 63.5 Å². The molecule has 1 aromatic heterocycles. The van der Waals surface area contributed by atoms with E-state index in [9.17, 15) is 58.8 Å². The number of sulfonamides is 1. The molecule has 0 bridgehead atoms. The van der Waals surface area contributed by atoms with Gasteiger partial charge < -0.3 is 30.5 Å². The highest BCUT2D eigenvalue weighted by molar-refractivity contribution is 7.99. The summed E-state index contributed by atoms with van der Waals surface area (Å²) in [4.78, 5) is 92.6. The van der Waals surface area contributed by atoms with Crippen LogP contribution < -0.4 is 25.6 Å². The number of ether oxygens (including phenoxy) is 1. The Morgan fingerprint density at radius 3 is 2.07 bits per heavy atom. The van der Waals surface area contributed by atoms with E-state index in [1.807, 2.05) is 106 Å². The number of hydrogen-bond donors (Lipinski definition) is 4. The molecular weight excluding hydrogens is 1470 g/mol. The maximum Gasteiger partial charge on any atom is 0.501 e. The third-order valence-corrected chi connectivity index (χ3v) is 26.2. The molecule has 2 saturated heterocycles. The topological polar surface area (TPSA) is 251 Å². The van der Waals surface area contributed by atoms with Crippen LogP contribution in [0.15, 0.2) is 147 Å². The van der Waals surface area contributed by atoms with Gasteiger partial charge in [0.15, 0.2) is 5.78 Å². The minimum atomic E-state index is -6.18. The first-order chi connectivity index (χ1) is 50.9. The van der Waals surface area contributed by atoms with E-state index in [1.165, 1.54) is 53.9 Å². The van der Waals surface area contributed by atoms with E-state index in [4.69, 9.17) is 16.3 Å². The predicted octanol–water partition coefficient (Wildman–Crippen LogP) is 14.9. The second-order valence-corrected chi connectivity index (χ2v) is 35.7. The number of aryl methyl sites for hydroxylation is 1. The van der Waals surface area contributed by atoms with Gasteiger partial charge in [-0.05, 0) is 192 Å². The molecule has 4 N–H and O–H groups in total. The lowest BCUT2D eigenvalue weighted by atomic mass is 9.77. The largest absolute Gasteiger partial charge is 0.501 e. The number of esters is 1. The monoisotopic (exact) mass is 1570 g/mol. The van der Waals surface area contributed by atoms with E-state index >= 15 is 0 Å². The van der Waals surface area contributed by atoms with E-state index in [1.54, 1.807) is 29.0 Å². The number of piperazine rings is 1. The van der Waals surface area contributed by atoms with Crippen LogP contribution >= 0.6 is 34.7 Å². The fraction of sp³-hybridized carbons (Fsp3) is 0.487. The first kappa shape index (κ1) is 82.0. The molecule has 3 fully saturated rings. The summed E-state index contributed by atoms with van der Waals surface area (Å²) >= 11 is 9.16. The zero-order valence-corrected chi connectivity index (χ0v) is 65.6. The predicted molar refractivity (Wildman–Crippen MR) is 414 cm³/mol. The Balaban J connectivity index is 0.695. The van der Waals surface area contributed by atoms with Crippen LogP contribution in [0.25, 0.3) is 16.0 Å². The van der Waals surface area contributed by atoms with Crippen molar-refractivity contribution in [3.63, 3.8) is 0 Å². The minimum Gasteiger partial charge on any atom is -0.463 e. The highest BCUT2D eigenvalue weighted by atomic mass is 35.5. The Bertz CT molecular complexity index is 4350. The number of carbonyl (C=O) groups is 6. The second-order valence-electron chi connectivity index (χ2n) is 29.7. The van der Waals surface area contributed by atoms with Gasteiger partial charge >= 0.3 is 11.5 Å². The number of Topliss-reactive ketones (excluding diaryl/α,β-unsaturated/α-hetero) is 2. The Morgan fingerprint density at radius 1 is 0.748 bits per heavy atom. The van der Waals surface area contributed by atoms with Crippen molar-refractivity contribution in [1.82, 2.24) is 30.1 Å². The lowest BCUT2D eigenvalue weighted by Crippen LogP contribution is -2.52. The minimum absolute atomic E-state index is 0.0382. The van der Waals surface area contributed by atoms with Crippen molar-refractivity contribution in [2.45, 2.75) is 182 Å². The molecule has 6 aromatic rings. The molecule has 4 aliphatic rings. The molecule has 107 heavy (non-hydrogen) atoms. The van der Waals surface area contributed by atoms with Crippen LogP contribution in [0.3, 0.4) is 0 Å². The summed E-state index contributed by atoms with van der Waals surface area (Å²) in [5.74, 6) is -4.07. The van der Waals surface area contributed by atoms with Crippen LogP contribution in [0, 0.1) is 30.1 Å². The van der Waals surface area contributed by atoms with Crippen LogP contribution in [-0.4, -0.2) is 149 Å². The Morgan fingerprint density at radius 2 is 1.41 bits per heavy atom. The zero-order valence-electron chi connectivity index (χ0n) is 61.6. The number of alkyl halides is 3. The lowest BCUT2D eigenvalue weighted by molar-refractivity contribution is -0.146. The number of carbonyl (C=O) groups excluding carboxylic acids is 6. The van der Waals surface area contributed by atoms with Gasteiger partial charge in [-0.1, -0.05) is 105 Å². The van der Waals surface area contributed by atoms with Gasteiger partial charge in [0.2, 0.25) is 11.8 Å².